The van der Waals surface area contributed by atoms with Gasteiger partial charge in [-0.1, -0.05) is 6.07 Å². The first kappa shape index (κ1) is 15.8. The SMILES string of the molecule is COC[C@@H]1CN(C(=O)Cc2cccs2)Cc2c1cnn2CC1CC1. The maximum atomic E-state index is 12.8. The van der Waals surface area contributed by atoms with Crippen LogP contribution < -0.4 is 0 Å². The Morgan fingerprint density at radius 1 is 1.46 bits per heavy atom. The maximum absolute atomic E-state index is 12.8. The van der Waals surface area contributed by atoms with Gasteiger partial charge >= 0.3 is 0 Å². The Morgan fingerprint density at radius 2 is 2.33 bits per heavy atom. The summed E-state index contributed by atoms with van der Waals surface area (Å²) in [6.07, 6.45) is 5.08. The highest BCUT2D eigenvalue weighted by Gasteiger charge is 2.32. The summed E-state index contributed by atoms with van der Waals surface area (Å²) in [7, 11) is 1.72. The van der Waals surface area contributed by atoms with Crippen molar-refractivity contribution in [2.24, 2.45) is 5.92 Å². The van der Waals surface area contributed by atoms with E-state index in [9.17, 15) is 4.79 Å². The molecule has 0 unspecified atom stereocenters. The van der Waals surface area contributed by atoms with E-state index in [0.29, 0.717) is 19.6 Å². The summed E-state index contributed by atoms with van der Waals surface area (Å²) in [6, 6.07) is 4.03. The molecule has 0 spiro atoms. The van der Waals surface area contributed by atoms with E-state index in [4.69, 9.17) is 4.74 Å². The molecule has 1 aliphatic heterocycles. The summed E-state index contributed by atoms with van der Waals surface area (Å²) in [5, 5.41) is 6.63. The Balaban J connectivity index is 1.54. The van der Waals surface area contributed by atoms with Gasteiger partial charge in [0.05, 0.1) is 31.5 Å². The second kappa shape index (κ2) is 6.69. The molecule has 0 aromatic carbocycles. The lowest BCUT2D eigenvalue weighted by atomic mass is 9.95. The molecular weight excluding hydrogens is 322 g/mol. The van der Waals surface area contributed by atoms with E-state index in [2.05, 4.69) is 9.78 Å². The molecule has 0 saturated heterocycles. The van der Waals surface area contributed by atoms with Gasteiger partial charge in [0.1, 0.15) is 0 Å². The van der Waals surface area contributed by atoms with Crippen molar-refractivity contribution in [3.8, 4) is 0 Å². The lowest BCUT2D eigenvalue weighted by Crippen LogP contribution is -2.40. The van der Waals surface area contributed by atoms with Gasteiger partial charge in [-0.2, -0.15) is 5.10 Å². The molecule has 0 bridgehead atoms. The Labute approximate surface area is 146 Å². The Morgan fingerprint density at radius 3 is 3.04 bits per heavy atom. The van der Waals surface area contributed by atoms with Crippen molar-refractivity contribution in [2.45, 2.75) is 38.3 Å². The van der Waals surface area contributed by atoms with Gasteiger partial charge in [-0.05, 0) is 30.2 Å². The number of carbonyl (C=O) groups excluding carboxylic acids is 1. The summed E-state index contributed by atoms with van der Waals surface area (Å²) < 4.78 is 7.53. The summed E-state index contributed by atoms with van der Waals surface area (Å²) in [6.45, 7) is 3.01. The third-order valence-electron chi connectivity index (χ3n) is 4.96. The van der Waals surface area contributed by atoms with Crippen LogP contribution in [0.4, 0.5) is 0 Å². The molecule has 128 valence electrons. The number of methoxy groups -OCH3 is 1. The van der Waals surface area contributed by atoms with Crippen LogP contribution in [0.15, 0.2) is 23.7 Å². The van der Waals surface area contributed by atoms with Gasteiger partial charge in [0.25, 0.3) is 0 Å². The fourth-order valence-corrected chi connectivity index (χ4v) is 4.15. The molecule has 1 fully saturated rings. The predicted octanol–water partition coefficient (Wildman–Crippen LogP) is 2.67. The van der Waals surface area contributed by atoms with E-state index in [-0.39, 0.29) is 11.8 Å². The van der Waals surface area contributed by atoms with Gasteiger partial charge in [-0.3, -0.25) is 9.48 Å². The molecule has 1 aliphatic carbocycles. The Hall–Kier alpha value is -1.66. The smallest absolute Gasteiger partial charge is 0.228 e. The van der Waals surface area contributed by atoms with Crippen LogP contribution in [0.2, 0.25) is 0 Å². The molecule has 5 nitrogen and oxygen atoms in total. The van der Waals surface area contributed by atoms with Crippen LogP contribution in [-0.2, 0) is 29.0 Å². The van der Waals surface area contributed by atoms with Gasteiger partial charge in [-0.15, -0.1) is 11.3 Å². The van der Waals surface area contributed by atoms with Crippen molar-refractivity contribution < 1.29 is 9.53 Å². The summed E-state index contributed by atoms with van der Waals surface area (Å²) >= 11 is 1.64. The van der Waals surface area contributed by atoms with Crippen LogP contribution in [0.25, 0.3) is 0 Å². The van der Waals surface area contributed by atoms with Crippen molar-refractivity contribution in [1.29, 1.82) is 0 Å². The topological polar surface area (TPSA) is 47.4 Å². The number of thiophene rings is 1. The number of fused-ring (bicyclic) bond motifs is 1. The fourth-order valence-electron chi connectivity index (χ4n) is 3.46. The number of amides is 1. The van der Waals surface area contributed by atoms with E-state index in [0.717, 1.165) is 23.9 Å². The molecule has 0 N–H and O–H groups in total. The van der Waals surface area contributed by atoms with Crippen LogP contribution in [-0.4, -0.2) is 40.8 Å². The minimum Gasteiger partial charge on any atom is -0.384 e. The highest BCUT2D eigenvalue weighted by Crippen LogP contribution is 2.34. The molecule has 2 aliphatic rings. The predicted molar refractivity (Wildman–Crippen MR) is 93.0 cm³/mol. The number of hydrogen-bond acceptors (Lipinski definition) is 4. The molecule has 2 aromatic rings. The van der Waals surface area contributed by atoms with Crippen molar-refractivity contribution in [1.82, 2.24) is 14.7 Å². The molecule has 0 radical (unpaired) electrons. The largest absolute Gasteiger partial charge is 0.384 e. The van der Waals surface area contributed by atoms with Crippen molar-refractivity contribution in [3.05, 3.63) is 39.8 Å². The molecule has 24 heavy (non-hydrogen) atoms. The Bertz CT molecular complexity index is 706. The first-order chi connectivity index (χ1) is 11.7. The van der Waals surface area contributed by atoms with E-state index >= 15 is 0 Å². The average molecular weight is 345 g/mol. The molecule has 3 heterocycles. The number of rotatable bonds is 6. The van der Waals surface area contributed by atoms with E-state index in [1.807, 2.05) is 28.6 Å². The lowest BCUT2D eigenvalue weighted by Gasteiger charge is -2.33. The van der Waals surface area contributed by atoms with Crippen LogP contribution in [0.1, 0.15) is 34.9 Å². The molecule has 6 heteroatoms. The summed E-state index contributed by atoms with van der Waals surface area (Å²) in [4.78, 5) is 15.9. The number of carbonyl (C=O) groups is 1. The van der Waals surface area contributed by atoms with Gasteiger partial charge in [0.2, 0.25) is 5.91 Å². The van der Waals surface area contributed by atoms with Crippen LogP contribution in [0.5, 0.6) is 0 Å². The highest BCUT2D eigenvalue weighted by molar-refractivity contribution is 7.10. The number of ether oxygens (including phenoxy) is 1. The first-order valence-electron chi connectivity index (χ1n) is 8.58. The number of aromatic nitrogens is 2. The second-order valence-corrected chi connectivity index (χ2v) is 7.89. The second-order valence-electron chi connectivity index (χ2n) is 6.85. The van der Waals surface area contributed by atoms with Gasteiger partial charge in [0, 0.05) is 36.6 Å². The van der Waals surface area contributed by atoms with Crippen molar-refractivity contribution >= 4 is 17.2 Å². The van der Waals surface area contributed by atoms with E-state index < -0.39 is 0 Å². The third kappa shape index (κ3) is 3.26. The van der Waals surface area contributed by atoms with Crippen LogP contribution >= 0.6 is 11.3 Å². The number of hydrogen-bond donors (Lipinski definition) is 0. The van der Waals surface area contributed by atoms with E-state index in [1.165, 1.54) is 24.1 Å². The summed E-state index contributed by atoms with van der Waals surface area (Å²) in [5.41, 5.74) is 2.47. The maximum Gasteiger partial charge on any atom is 0.228 e. The summed E-state index contributed by atoms with van der Waals surface area (Å²) in [5.74, 6) is 1.19. The monoisotopic (exact) mass is 345 g/mol. The van der Waals surface area contributed by atoms with Gasteiger partial charge in [-0.25, -0.2) is 0 Å². The van der Waals surface area contributed by atoms with Crippen LogP contribution in [0, 0.1) is 5.92 Å². The van der Waals surface area contributed by atoms with Crippen molar-refractivity contribution in [3.63, 3.8) is 0 Å². The molecule has 1 atom stereocenters. The van der Waals surface area contributed by atoms with Gasteiger partial charge < -0.3 is 9.64 Å². The zero-order valence-corrected chi connectivity index (χ0v) is 14.8. The molecular formula is C18H23N3O2S. The molecule has 1 amide bonds. The van der Waals surface area contributed by atoms with E-state index in [1.54, 1.807) is 18.4 Å². The highest BCUT2D eigenvalue weighted by atomic mass is 32.1. The first-order valence-corrected chi connectivity index (χ1v) is 9.46. The zero-order chi connectivity index (χ0) is 16.5. The zero-order valence-electron chi connectivity index (χ0n) is 14.0. The molecule has 4 rings (SSSR count). The third-order valence-corrected chi connectivity index (χ3v) is 5.83. The molecule has 2 aromatic heterocycles. The standard InChI is InChI=1S/C18H23N3O2S/c1-23-12-14-10-20(18(22)7-15-3-2-6-24-15)11-17-16(14)8-19-21(17)9-13-4-5-13/h2-3,6,8,13-14H,4-5,7,9-12H2,1H3/t14-/m0/s1. The number of nitrogens with zero attached hydrogens (tertiary/aromatic N) is 3. The average Bonchev–Trinajstić information content (AvgIpc) is 3.07. The minimum atomic E-state index is 0.198. The fraction of sp³-hybridized carbons (Fsp3) is 0.556. The van der Waals surface area contributed by atoms with Gasteiger partial charge in [0.15, 0.2) is 0 Å². The lowest BCUT2D eigenvalue weighted by molar-refractivity contribution is -0.132. The van der Waals surface area contributed by atoms with Crippen molar-refractivity contribution in [2.75, 3.05) is 20.3 Å². The normalized spacial score (nSPS) is 20.2. The van der Waals surface area contributed by atoms with Crippen LogP contribution in [0.3, 0.4) is 0 Å². The quantitative estimate of drug-likeness (QED) is 0.809. The minimum absolute atomic E-state index is 0.198. The molecule has 1 saturated carbocycles. The Kier molecular flexibility index (Phi) is 4.41.